The summed E-state index contributed by atoms with van der Waals surface area (Å²) in [6, 6.07) is 5.26. The zero-order valence-corrected chi connectivity index (χ0v) is 13.0. The summed E-state index contributed by atoms with van der Waals surface area (Å²) >= 11 is 7.28. The third-order valence-electron chi connectivity index (χ3n) is 3.89. The van der Waals surface area contributed by atoms with Crippen LogP contribution >= 0.6 is 22.9 Å². The summed E-state index contributed by atoms with van der Waals surface area (Å²) in [5, 5.41) is 6.86. The molecule has 0 aliphatic heterocycles. The maximum absolute atomic E-state index is 12.3. The lowest BCUT2D eigenvalue weighted by Gasteiger charge is -2.28. The zero-order valence-electron chi connectivity index (χ0n) is 11.4. The molecule has 1 aliphatic carbocycles. The van der Waals surface area contributed by atoms with Gasteiger partial charge >= 0.3 is 0 Å². The van der Waals surface area contributed by atoms with E-state index in [-0.39, 0.29) is 17.1 Å². The molecule has 1 amide bonds. The van der Waals surface area contributed by atoms with Crippen molar-refractivity contribution in [1.29, 1.82) is 0 Å². The highest BCUT2D eigenvalue weighted by molar-refractivity contribution is 7.19. The Hall–Kier alpha value is -1.37. The Morgan fingerprint density at radius 3 is 2.86 bits per heavy atom. The number of aromatic nitrogens is 1. The van der Waals surface area contributed by atoms with E-state index < -0.39 is 0 Å². The van der Waals surface area contributed by atoms with Crippen LogP contribution in [-0.2, 0) is 0 Å². The van der Waals surface area contributed by atoms with Gasteiger partial charge in [-0.25, -0.2) is 0 Å². The average molecular weight is 326 g/mol. The third kappa shape index (κ3) is 2.97. The largest absolute Gasteiger partial charge is 0.355 e. The van der Waals surface area contributed by atoms with Crippen molar-refractivity contribution in [2.24, 2.45) is 5.73 Å². The van der Waals surface area contributed by atoms with Gasteiger partial charge in [0.25, 0.3) is 5.91 Å². The highest BCUT2D eigenvalue weighted by Gasteiger charge is 2.34. The molecule has 2 aromatic rings. The molecule has 3 N–H and O–H groups in total. The fraction of sp³-hybridized carbons (Fsp3) is 0.429. The average Bonchev–Trinajstić information content (AvgIpc) is 3.18. The Morgan fingerprint density at radius 2 is 2.24 bits per heavy atom. The van der Waals surface area contributed by atoms with Crippen LogP contribution in [0.25, 0.3) is 10.6 Å². The molecule has 1 aliphatic rings. The van der Waals surface area contributed by atoms with Crippen LogP contribution in [0.3, 0.4) is 0 Å². The number of rotatable bonds is 4. The van der Waals surface area contributed by atoms with Crippen molar-refractivity contribution in [3.63, 3.8) is 0 Å². The Labute approximate surface area is 131 Å². The lowest BCUT2D eigenvalue weighted by Crippen LogP contribution is -2.51. The molecular formula is C14H16ClN3O2S. The quantitative estimate of drug-likeness (QED) is 0.905. The first-order valence-corrected chi connectivity index (χ1v) is 8.06. The Bertz CT molecular complexity index is 646. The van der Waals surface area contributed by atoms with Crippen LogP contribution in [0.2, 0.25) is 4.34 Å². The zero-order chi connectivity index (χ0) is 14.9. The number of nitrogens with zero attached hydrogens (tertiary/aromatic N) is 1. The molecule has 7 heteroatoms. The van der Waals surface area contributed by atoms with Crippen LogP contribution in [0.4, 0.5) is 0 Å². The van der Waals surface area contributed by atoms with Crippen LogP contribution in [-0.4, -0.2) is 23.1 Å². The number of hydrogen-bond donors (Lipinski definition) is 2. The van der Waals surface area contributed by atoms with Gasteiger partial charge in [0.1, 0.15) is 0 Å². The van der Waals surface area contributed by atoms with E-state index in [9.17, 15) is 4.79 Å². The Morgan fingerprint density at radius 1 is 1.48 bits per heavy atom. The van der Waals surface area contributed by atoms with Crippen molar-refractivity contribution in [2.45, 2.75) is 31.2 Å². The minimum atomic E-state index is -0.289. The lowest BCUT2D eigenvalue weighted by molar-refractivity contribution is 0.0894. The highest BCUT2D eigenvalue weighted by atomic mass is 35.5. The summed E-state index contributed by atoms with van der Waals surface area (Å²) in [5.41, 5.74) is 5.81. The summed E-state index contributed by atoms with van der Waals surface area (Å²) in [7, 11) is 0. The summed E-state index contributed by atoms with van der Waals surface area (Å²) < 4.78 is 5.89. The molecule has 1 saturated carbocycles. The van der Waals surface area contributed by atoms with Gasteiger partial charge in [0, 0.05) is 12.6 Å². The van der Waals surface area contributed by atoms with Crippen molar-refractivity contribution in [3.8, 4) is 10.6 Å². The predicted octanol–water partition coefficient (Wildman–Crippen LogP) is 3.06. The molecular weight excluding hydrogens is 310 g/mol. The van der Waals surface area contributed by atoms with Crippen molar-refractivity contribution in [2.75, 3.05) is 6.54 Å². The highest BCUT2D eigenvalue weighted by Crippen LogP contribution is 2.32. The molecule has 0 saturated heterocycles. The number of halogens is 1. The van der Waals surface area contributed by atoms with E-state index in [0.29, 0.717) is 16.6 Å². The van der Waals surface area contributed by atoms with Gasteiger partial charge in [-0.15, -0.1) is 11.3 Å². The van der Waals surface area contributed by atoms with E-state index in [0.717, 1.165) is 30.6 Å². The number of thiophene rings is 1. The maximum atomic E-state index is 12.3. The molecule has 3 rings (SSSR count). The van der Waals surface area contributed by atoms with Gasteiger partial charge in [-0.1, -0.05) is 29.6 Å². The number of hydrogen-bond acceptors (Lipinski definition) is 5. The molecule has 0 spiro atoms. The minimum absolute atomic E-state index is 0.236. The smallest absolute Gasteiger partial charge is 0.273 e. The molecule has 0 aromatic carbocycles. The van der Waals surface area contributed by atoms with Gasteiger partial charge in [-0.3, -0.25) is 4.79 Å². The van der Waals surface area contributed by atoms with Crippen LogP contribution < -0.4 is 11.1 Å². The fourth-order valence-electron chi connectivity index (χ4n) is 2.68. The van der Waals surface area contributed by atoms with E-state index in [1.54, 1.807) is 12.1 Å². The first kappa shape index (κ1) is 14.6. The first-order valence-electron chi connectivity index (χ1n) is 6.87. The molecule has 0 unspecified atom stereocenters. The molecule has 0 bridgehead atoms. The van der Waals surface area contributed by atoms with Gasteiger partial charge in [0.15, 0.2) is 11.5 Å². The van der Waals surface area contributed by atoms with E-state index in [2.05, 4.69) is 10.5 Å². The molecule has 2 heterocycles. The first-order chi connectivity index (χ1) is 10.1. The molecule has 2 aromatic heterocycles. The Kier molecular flexibility index (Phi) is 4.01. The molecule has 112 valence electrons. The fourth-order valence-corrected chi connectivity index (χ4v) is 3.67. The summed E-state index contributed by atoms with van der Waals surface area (Å²) in [6.45, 7) is 0.448. The van der Waals surface area contributed by atoms with E-state index >= 15 is 0 Å². The van der Waals surface area contributed by atoms with Crippen LogP contribution in [0.5, 0.6) is 0 Å². The third-order valence-corrected chi connectivity index (χ3v) is 5.13. The topological polar surface area (TPSA) is 81.1 Å². The SMILES string of the molecule is NCC1(NC(=O)c2cc(-c3ccc(Cl)s3)on2)CCCC1. The van der Waals surface area contributed by atoms with Crippen molar-refractivity contribution >= 4 is 28.8 Å². The van der Waals surface area contributed by atoms with Gasteiger partial charge in [-0.05, 0) is 25.0 Å². The van der Waals surface area contributed by atoms with Gasteiger partial charge in [0.05, 0.1) is 14.8 Å². The number of nitrogens with one attached hydrogen (secondary N) is 1. The van der Waals surface area contributed by atoms with Crippen LogP contribution in [0.15, 0.2) is 22.7 Å². The number of amides is 1. The van der Waals surface area contributed by atoms with E-state index in [1.807, 2.05) is 6.07 Å². The molecule has 0 radical (unpaired) electrons. The second-order valence-corrected chi connectivity index (χ2v) is 7.04. The molecule has 1 fully saturated rings. The normalized spacial score (nSPS) is 17.0. The summed E-state index contributed by atoms with van der Waals surface area (Å²) in [4.78, 5) is 13.2. The Balaban J connectivity index is 1.75. The van der Waals surface area contributed by atoms with Gasteiger partial charge in [0.2, 0.25) is 0 Å². The monoisotopic (exact) mass is 325 g/mol. The minimum Gasteiger partial charge on any atom is -0.355 e. The van der Waals surface area contributed by atoms with E-state index in [1.165, 1.54) is 11.3 Å². The lowest BCUT2D eigenvalue weighted by atomic mass is 9.97. The second-order valence-electron chi connectivity index (χ2n) is 5.33. The second kappa shape index (κ2) is 5.79. The van der Waals surface area contributed by atoms with Crippen molar-refractivity contribution in [3.05, 3.63) is 28.2 Å². The van der Waals surface area contributed by atoms with Crippen molar-refractivity contribution < 1.29 is 9.32 Å². The molecule has 5 nitrogen and oxygen atoms in total. The van der Waals surface area contributed by atoms with Gasteiger partial charge < -0.3 is 15.6 Å². The number of carbonyl (C=O) groups is 1. The van der Waals surface area contributed by atoms with E-state index in [4.69, 9.17) is 21.9 Å². The molecule has 0 atom stereocenters. The predicted molar refractivity (Wildman–Crippen MR) is 82.5 cm³/mol. The van der Waals surface area contributed by atoms with Gasteiger partial charge in [-0.2, -0.15) is 0 Å². The maximum Gasteiger partial charge on any atom is 0.273 e. The summed E-state index contributed by atoms with van der Waals surface area (Å²) in [5.74, 6) is 0.310. The van der Waals surface area contributed by atoms with Crippen LogP contribution in [0, 0.1) is 0 Å². The molecule has 21 heavy (non-hydrogen) atoms. The number of carbonyl (C=O) groups excluding carboxylic acids is 1. The summed E-state index contributed by atoms with van der Waals surface area (Å²) in [6.07, 6.45) is 4.02. The van der Waals surface area contributed by atoms with Crippen LogP contribution in [0.1, 0.15) is 36.2 Å². The number of nitrogens with two attached hydrogens (primary N) is 1. The van der Waals surface area contributed by atoms with Crippen molar-refractivity contribution in [1.82, 2.24) is 10.5 Å². The standard InChI is InChI=1S/C14H16ClN3O2S/c15-12-4-3-11(21-12)10-7-9(18-20-10)13(19)17-14(8-16)5-1-2-6-14/h3-4,7H,1-2,5-6,8,16H2,(H,17,19).